The monoisotopic (exact) mass is 284 g/mol. The minimum absolute atomic E-state index is 0.0977. The van der Waals surface area contributed by atoms with E-state index in [1.165, 1.54) is 0 Å². The standard InChI is InChI=1S/C6H13IN4O/c1-9(8)6(12)10-2-4-11(7)5-3-10/h2-5,8H2,1H3. The highest BCUT2D eigenvalue weighted by Gasteiger charge is 2.20. The van der Waals surface area contributed by atoms with Crippen LogP contribution in [-0.2, 0) is 0 Å². The summed E-state index contributed by atoms with van der Waals surface area (Å²) in [6.45, 7) is 3.37. The van der Waals surface area contributed by atoms with Gasteiger partial charge in [0.1, 0.15) is 0 Å². The molecule has 2 N–H and O–H groups in total. The predicted octanol–water partition coefficient (Wildman–Crippen LogP) is -0.120. The minimum Gasteiger partial charge on any atom is -0.321 e. The first-order valence-electron chi connectivity index (χ1n) is 3.79. The first-order chi connectivity index (χ1) is 5.61. The Labute approximate surface area is 85.9 Å². The molecule has 1 aliphatic rings. The largest absolute Gasteiger partial charge is 0.333 e. The van der Waals surface area contributed by atoms with Crippen molar-refractivity contribution in [2.45, 2.75) is 0 Å². The SMILES string of the molecule is CN(N)C(=O)N1CCN(I)CC1. The molecule has 2 amide bonds. The van der Waals surface area contributed by atoms with Crippen molar-refractivity contribution in [1.29, 1.82) is 0 Å². The minimum atomic E-state index is -0.0977. The molecule has 0 radical (unpaired) electrons. The molecule has 0 spiro atoms. The van der Waals surface area contributed by atoms with Gasteiger partial charge in [0, 0.05) is 56.1 Å². The number of urea groups is 1. The third-order valence-electron chi connectivity index (χ3n) is 1.80. The Kier molecular flexibility index (Phi) is 3.53. The van der Waals surface area contributed by atoms with Gasteiger partial charge in [-0.15, -0.1) is 0 Å². The van der Waals surface area contributed by atoms with Crippen molar-refractivity contribution >= 4 is 28.9 Å². The van der Waals surface area contributed by atoms with E-state index in [1.54, 1.807) is 11.9 Å². The lowest BCUT2D eigenvalue weighted by Crippen LogP contribution is -2.51. The van der Waals surface area contributed by atoms with Gasteiger partial charge in [-0.05, 0) is 0 Å². The van der Waals surface area contributed by atoms with E-state index >= 15 is 0 Å². The molecule has 70 valence electrons. The molecule has 0 atom stereocenters. The summed E-state index contributed by atoms with van der Waals surface area (Å²) in [5.41, 5.74) is 0. The molecule has 0 unspecified atom stereocenters. The Morgan fingerprint density at radius 1 is 1.42 bits per heavy atom. The number of nitrogens with two attached hydrogens (primary N) is 1. The van der Waals surface area contributed by atoms with E-state index in [2.05, 4.69) is 26.0 Å². The van der Waals surface area contributed by atoms with Crippen molar-refractivity contribution in [3.8, 4) is 0 Å². The summed E-state index contributed by atoms with van der Waals surface area (Å²) in [6.07, 6.45) is 0. The molecule has 1 aliphatic heterocycles. The molecule has 6 heteroatoms. The van der Waals surface area contributed by atoms with Gasteiger partial charge < -0.3 is 4.90 Å². The second-order valence-corrected chi connectivity index (χ2v) is 4.15. The Balaban J connectivity index is 2.39. The molecule has 5 nitrogen and oxygen atoms in total. The number of carbonyl (C=O) groups excluding carboxylic acids is 1. The summed E-state index contributed by atoms with van der Waals surface area (Å²) >= 11 is 2.26. The van der Waals surface area contributed by atoms with Crippen LogP contribution in [0.4, 0.5) is 4.79 Å². The second kappa shape index (κ2) is 4.24. The van der Waals surface area contributed by atoms with Gasteiger partial charge in [-0.2, -0.15) is 0 Å². The predicted molar refractivity (Wildman–Crippen MR) is 54.5 cm³/mol. The smallest absolute Gasteiger partial charge is 0.321 e. The Morgan fingerprint density at radius 3 is 2.33 bits per heavy atom. The van der Waals surface area contributed by atoms with Crippen LogP contribution < -0.4 is 5.84 Å². The van der Waals surface area contributed by atoms with Gasteiger partial charge in [0.15, 0.2) is 0 Å². The van der Waals surface area contributed by atoms with Crippen molar-refractivity contribution in [2.75, 3.05) is 33.2 Å². The van der Waals surface area contributed by atoms with Gasteiger partial charge in [-0.3, -0.25) is 5.01 Å². The zero-order chi connectivity index (χ0) is 9.14. The highest BCUT2D eigenvalue weighted by atomic mass is 127. The average molecular weight is 284 g/mol. The van der Waals surface area contributed by atoms with Gasteiger partial charge in [-0.25, -0.2) is 13.8 Å². The Hall–Kier alpha value is -0.0800. The highest BCUT2D eigenvalue weighted by molar-refractivity contribution is 14.1. The fraction of sp³-hybridized carbons (Fsp3) is 0.833. The zero-order valence-corrected chi connectivity index (χ0v) is 9.19. The summed E-state index contributed by atoms with van der Waals surface area (Å²) < 4.78 is 2.16. The number of amides is 2. The van der Waals surface area contributed by atoms with Crippen molar-refractivity contribution in [2.24, 2.45) is 5.84 Å². The molecule has 1 fully saturated rings. The van der Waals surface area contributed by atoms with E-state index in [0.29, 0.717) is 0 Å². The normalized spacial score (nSPS) is 19.4. The molecule has 0 aromatic rings. The van der Waals surface area contributed by atoms with Gasteiger partial charge in [-0.1, -0.05) is 0 Å². The average Bonchev–Trinajstić information content (AvgIpc) is 2.04. The van der Waals surface area contributed by atoms with Crippen molar-refractivity contribution in [3.63, 3.8) is 0 Å². The van der Waals surface area contributed by atoms with E-state index in [0.717, 1.165) is 31.2 Å². The van der Waals surface area contributed by atoms with Gasteiger partial charge in [0.05, 0.1) is 0 Å². The molecule has 1 rings (SSSR count). The molecule has 0 aromatic carbocycles. The van der Waals surface area contributed by atoms with Crippen LogP contribution in [-0.4, -0.2) is 52.3 Å². The van der Waals surface area contributed by atoms with Crippen molar-refractivity contribution in [3.05, 3.63) is 0 Å². The molecular weight excluding hydrogens is 271 g/mol. The van der Waals surface area contributed by atoms with Crippen LogP contribution in [0.1, 0.15) is 0 Å². The van der Waals surface area contributed by atoms with Crippen LogP contribution in [0.3, 0.4) is 0 Å². The number of rotatable bonds is 0. The molecule has 0 saturated carbocycles. The lowest BCUT2D eigenvalue weighted by Gasteiger charge is -2.32. The maximum absolute atomic E-state index is 11.3. The highest BCUT2D eigenvalue weighted by Crippen LogP contribution is 2.06. The number of halogens is 1. The molecule has 1 heterocycles. The van der Waals surface area contributed by atoms with Crippen LogP contribution in [0, 0.1) is 0 Å². The van der Waals surface area contributed by atoms with Crippen LogP contribution in [0.5, 0.6) is 0 Å². The number of hydrogen-bond donors (Lipinski definition) is 1. The van der Waals surface area contributed by atoms with E-state index < -0.39 is 0 Å². The maximum Gasteiger partial charge on any atom is 0.333 e. The number of carbonyl (C=O) groups is 1. The molecule has 1 saturated heterocycles. The van der Waals surface area contributed by atoms with Gasteiger partial charge >= 0.3 is 6.03 Å². The number of nitrogens with zero attached hydrogens (tertiary/aromatic N) is 3. The second-order valence-electron chi connectivity index (χ2n) is 2.79. The summed E-state index contributed by atoms with van der Waals surface area (Å²) in [4.78, 5) is 13.1. The van der Waals surface area contributed by atoms with Gasteiger partial charge in [0.25, 0.3) is 0 Å². The van der Waals surface area contributed by atoms with Crippen LogP contribution in [0.2, 0.25) is 0 Å². The van der Waals surface area contributed by atoms with E-state index in [-0.39, 0.29) is 6.03 Å². The molecular formula is C6H13IN4O. The zero-order valence-electron chi connectivity index (χ0n) is 7.03. The first kappa shape index (κ1) is 10.0. The lowest BCUT2D eigenvalue weighted by atomic mass is 10.4. The third-order valence-corrected chi connectivity index (χ3v) is 2.76. The van der Waals surface area contributed by atoms with Crippen molar-refractivity contribution < 1.29 is 4.79 Å². The maximum atomic E-state index is 11.3. The third kappa shape index (κ3) is 2.46. The van der Waals surface area contributed by atoms with E-state index in [4.69, 9.17) is 5.84 Å². The fourth-order valence-corrected chi connectivity index (χ4v) is 1.53. The summed E-state index contributed by atoms with van der Waals surface area (Å²) in [5.74, 6) is 5.33. The Bertz CT molecular complexity index is 167. The molecule has 0 aliphatic carbocycles. The van der Waals surface area contributed by atoms with Crippen LogP contribution in [0.25, 0.3) is 0 Å². The Morgan fingerprint density at radius 2 is 1.92 bits per heavy atom. The van der Waals surface area contributed by atoms with Crippen molar-refractivity contribution in [1.82, 2.24) is 13.0 Å². The topological polar surface area (TPSA) is 52.8 Å². The molecule has 0 aromatic heterocycles. The summed E-state index contributed by atoms with van der Waals surface area (Å²) in [5, 5.41) is 1.13. The van der Waals surface area contributed by atoms with E-state index in [9.17, 15) is 4.79 Å². The van der Waals surface area contributed by atoms with Crippen LogP contribution in [0.15, 0.2) is 0 Å². The van der Waals surface area contributed by atoms with Gasteiger partial charge in [0.2, 0.25) is 0 Å². The first-order valence-corrected chi connectivity index (χ1v) is 4.76. The van der Waals surface area contributed by atoms with Crippen LogP contribution >= 0.6 is 22.9 Å². The lowest BCUT2D eigenvalue weighted by molar-refractivity contribution is 0.148. The fourth-order valence-electron chi connectivity index (χ4n) is 1.10. The molecule has 0 bridgehead atoms. The quantitative estimate of drug-likeness (QED) is 0.222. The summed E-state index contributed by atoms with van der Waals surface area (Å²) in [7, 11) is 1.57. The van der Waals surface area contributed by atoms with E-state index in [1.807, 2.05) is 0 Å². The number of piperazine rings is 1. The number of hydrazine groups is 1. The number of hydrogen-bond acceptors (Lipinski definition) is 3. The summed E-state index contributed by atoms with van der Waals surface area (Å²) in [6, 6.07) is -0.0977. The molecule has 12 heavy (non-hydrogen) atoms.